The average molecular weight is 363 g/mol. The lowest BCUT2D eigenvalue weighted by Gasteiger charge is -2.17. The van der Waals surface area contributed by atoms with Gasteiger partial charge in [-0.15, -0.1) is 0 Å². The van der Waals surface area contributed by atoms with E-state index in [-0.39, 0.29) is 5.91 Å². The molecular formula is C21H25N5O. The normalized spacial score (nSPS) is 10.8. The highest BCUT2D eigenvalue weighted by Gasteiger charge is 2.12. The number of pyridine rings is 1. The monoisotopic (exact) mass is 363 g/mol. The molecule has 0 saturated carbocycles. The topological polar surface area (TPSA) is 77.0 Å². The molecular weight excluding hydrogens is 338 g/mol. The third-order valence-electron chi connectivity index (χ3n) is 4.51. The molecule has 2 aromatic heterocycles. The molecule has 6 nitrogen and oxygen atoms in total. The van der Waals surface area contributed by atoms with Crippen LogP contribution in [0.5, 0.6) is 0 Å². The van der Waals surface area contributed by atoms with Crippen molar-refractivity contribution < 1.29 is 4.79 Å². The van der Waals surface area contributed by atoms with Crippen LogP contribution in [0.25, 0.3) is 11.3 Å². The van der Waals surface area contributed by atoms with E-state index in [1.54, 1.807) is 11.0 Å². The Balaban J connectivity index is 1.59. The van der Waals surface area contributed by atoms with Gasteiger partial charge in [0.05, 0.1) is 11.4 Å². The number of hydrogen-bond acceptors (Lipinski definition) is 4. The van der Waals surface area contributed by atoms with E-state index in [4.69, 9.17) is 5.73 Å². The van der Waals surface area contributed by atoms with Crippen molar-refractivity contribution in [2.24, 2.45) is 0 Å². The number of nitrogens with two attached hydrogens (primary N) is 1. The van der Waals surface area contributed by atoms with Crippen LogP contribution in [0.15, 0.2) is 48.5 Å². The highest BCUT2D eigenvalue weighted by Crippen LogP contribution is 2.19. The van der Waals surface area contributed by atoms with E-state index in [0.29, 0.717) is 17.9 Å². The first-order valence-electron chi connectivity index (χ1n) is 9.03. The number of aromatic nitrogens is 3. The molecule has 0 aliphatic rings. The zero-order valence-electron chi connectivity index (χ0n) is 16.0. The Morgan fingerprint density at radius 3 is 2.52 bits per heavy atom. The van der Waals surface area contributed by atoms with Crippen molar-refractivity contribution in [1.29, 1.82) is 0 Å². The molecule has 2 heterocycles. The van der Waals surface area contributed by atoms with Crippen molar-refractivity contribution in [2.75, 3.05) is 19.3 Å². The second-order valence-corrected chi connectivity index (χ2v) is 6.76. The molecule has 0 saturated heterocycles. The van der Waals surface area contributed by atoms with Gasteiger partial charge in [0.2, 0.25) is 0 Å². The highest BCUT2D eigenvalue weighted by molar-refractivity contribution is 5.94. The average Bonchev–Trinajstić information content (AvgIpc) is 2.98. The van der Waals surface area contributed by atoms with Crippen molar-refractivity contribution >= 4 is 11.7 Å². The molecule has 0 unspecified atom stereocenters. The molecule has 0 atom stereocenters. The minimum atomic E-state index is 0.00968. The van der Waals surface area contributed by atoms with E-state index in [1.807, 2.05) is 62.0 Å². The minimum Gasteiger partial charge on any atom is -0.384 e. The Bertz CT molecular complexity index is 930. The third kappa shape index (κ3) is 4.53. The van der Waals surface area contributed by atoms with Crippen LogP contribution >= 0.6 is 0 Å². The second-order valence-electron chi connectivity index (χ2n) is 6.76. The summed E-state index contributed by atoms with van der Waals surface area (Å²) < 4.78 is 1.99. The van der Waals surface area contributed by atoms with E-state index < -0.39 is 0 Å². The van der Waals surface area contributed by atoms with Crippen molar-refractivity contribution in [1.82, 2.24) is 19.7 Å². The fourth-order valence-electron chi connectivity index (χ4n) is 3.08. The van der Waals surface area contributed by atoms with Gasteiger partial charge >= 0.3 is 0 Å². The molecule has 3 aromatic rings. The Kier molecular flexibility index (Phi) is 5.54. The van der Waals surface area contributed by atoms with Crippen molar-refractivity contribution in [3.63, 3.8) is 0 Å². The van der Waals surface area contributed by atoms with Gasteiger partial charge in [-0.2, -0.15) is 5.10 Å². The quantitative estimate of drug-likeness (QED) is 0.729. The number of anilines is 1. The molecule has 0 bridgehead atoms. The smallest absolute Gasteiger partial charge is 0.253 e. The number of nitrogens with zero attached hydrogens (tertiary/aromatic N) is 4. The predicted octanol–water partition coefficient (Wildman–Crippen LogP) is 3.31. The second kappa shape index (κ2) is 8.03. The van der Waals surface area contributed by atoms with E-state index in [2.05, 4.69) is 16.1 Å². The standard InChI is InChI=1S/C21H25N5O/c1-15-14-16(2)26(24-15)13-5-12-25(3)21(27)18-10-8-17(9-11-18)19-6-4-7-20(22)23-19/h4,6-11,14H,5,12-13H2,1-3H3,(H2,22,23). The highest BCUT2D eigenvalue weighted by atomic mass is 16.2. The van der Waals surface area contributed by atoms with Crippen LogP contribution in [-0.2, 0) is 6.54 Å². The fourth-order valence-corrected chi connectivity index (χ4v) is 3.08. The number of carbonyl (C=O) groups excluding carboxylic acids is 1. The maximum absolute atomic E-state index is 12.6. The van der Waals surface area contributed by atoms with Crippen LogP contribution in [-0.4, -0.2) is 39.2 Å². The van der Waals surface area contributed by atoms with E-state index in [0.717, 1.165) is 35.6 Å². The summed E-state index contributed by atoms with van der Waals surface area (Å²) >= 11 is 0. The number of rotatable bonds is 6. The number of carbonyl (C=O) groups is 1. The van der Waals surface area contributed by atoms with Gasteiger partial charge in [0.15, 0.2) is 0 Å². The van der Waals surface area contributed by atoms with Gasteiger partial charge in [-0.1, -0.05) is 18.2 Å². The van der Waals surface area contributed by atoms with Crippen LogP contribution in [0.3, 0.4) is 0 Å². The summed E-state index contributed by atoms with van der Waals surface area (Å²) in [7, 11) is 1.83. The van der Waals surface area contributed by atoms with Gasteiger partial charge in [-0.25, -0.2) is 4.98 Å². The Labute approximate surface area is 159 Å². The Hall–Kier alpha value is -3.15. The van der Waals surface area contributed by atoms with Crippen molar-refractivity contribution in [3.8, 4) is 11.3 Å². The number of nitrogen functional groups attached to an aromatic ring is 1. The number of benzene rings is 1. The lowest BCUT2D eigenvalue weighted by Crippen LogP contribution is -2.28. The predicted molar refractivity (Wildman–Crippen MR) is 107 cm³/mol. The third-order valence-corrected chi connectivity index (χ3v) is 4.51. The first-order valence-corrected chi connectivity index (χ1v) is 9.03. The van der Waals surface area contributed by atoms with Gasteiger partial charge in [-0.3, -0.25) is 9.48 Å². The molecule has 1 amide bonds. The zero-order chi connectivity index (χ0) is 19.4. The van der Waals surface area contributed by atoms with Crippen molar-refractivity contribution in [3.05, 3.63) is 65.5 Å². The summed E-state index contributed by atoms with van der Waals surface area (Å²) in [5, 5.41) is 4.45. The number of hydrogen-bond donors (Lipinski definition) is 1. The van der Waals surface area contributed by atoms with Gasteiger partial charge in [0, 0.05) is 37.0 Å². The SMILES string of the molecule is Cc1cc(C)n(CCCN(C)C(=O)c2ccc(-c3cccc(N)n3)cc2)n1. The van der Waals surface area contributed by atoms with Crippen LogP contribution in [0.4, 0.5) is 5.82 Å². The zero-order valence-corrected chi connectivity index (χ0v) is 16.0. The molecule has 0 radical (unpaired) electrons. The molecule has 140 valence electrons. The van der Waals surface area contributed by atoms with E-state index in [9.17, 15) is 4.79 Å². The number of amides is 1. The first kappa shape index (κ1) is 18.6. The minimum absolute atomic E-state index is 0.00968. The summed E-state index contributed by atoms with van der Waals surface area (Å²) in [6.45, 7) is 5.51. The lowest BCUT2D eigenvalue weighted by molar-refractivity contribution is 0.0791. The largest absolute Gasteiger partial charge is 0.384 e. The molecule has 2 N–H and O–H groups in total. The van der Waals surface area contributed by atoms with Gasteiger partial charge in [-0.05, 0) is 50.6 Å². The molecule has 6 heteroatoms. The molecule has 27 heavy (non-hydrogen) atoms. The van der Waals surface area contributed by atoms with Gasteiger partial charge < -0.3 is 10.6 Å². The first-order chi connectivity index (χ1) is 12.9. The summed E-state index contributed by atoms with van der Waals surface area (Å²) in [6, 6.07) is 15.1. The molecule has 0 aliphatic carbocycles. The summed E-state index contributed by atoms with van der Waals surface area (Å²) in [4.78, 5) is 18.7. The summed E-state index contributed by atoms with van der Waals surface area (Å²) in [6.07, 6.45) is 0.857. The fraction of sp³-hybridized carbons (Fsp3) is 0.286. The van der Waals surface area contributed by atoms with E-state index >= 15 is 0 Å². The molecule has 0 spiro atoms. The summed E-state index contributed by atoms with van der Waals surface area (Å²) in [5.74, 6) is 0.491. The van der Waals surface area contributed by atoms with E-state index in [1.165, 1.54) is 0 Å². The van der Waals surface area contributed by atoms with Crippen LogP contribution in [0.1, 0.15) is 28.2 Å². The van der Waals surface area contributed by atoms with Crippen molar-refractivity contribution in [2.45, 2.75) is 26.8 Å². The molecule has 3 rings (SSSR count). The molecule has 0 aliphatic heterocycles. The Morgan fingerprint density at radius 2 is 1.89 bits per heavy atom. The molecule has 0 fully saturated rings. The Morgan fingerprint density at radius 1 is 1.15 bits per heavy atom. The van der Waals surface area contributed by atoms with Crippen LogP contribution in [0.2, 0.25) is 0 Å². The molecule has 1 aromatic carbocycles. The van der Waals surface area contributed by atoms with Gasteiger partial charge in [0.1, 0.15) is 5.82 Å². The van der Waals surface area contributed by atoms with Crippen LogP contribution in [0, 0.1) is 13.8 Å². The maximum atomic E-state index is 12.6. The summed E-state index contributed by atoms with van der Waals surface area (Å²) in [5.41, 5.74) is 10.3. The maximum Gasteiger partial charge on any atom is 0.253 e. The van der Waals surface area contributed by atoms with Gasteiger partial charge in [0.25, 0.3) is 5.91 Å². The lowest BCUT2D eigenvalue weighted by atomic mass is 10.1. The van der Waals surface area contributed by atoms with Crippen LogP contribution < -0.4 is 5.73 Å². The number of aryl methyl sites for hydroxylation is 3.